The van der Waals surface area contributed by atoms with Crippen LogP contribution >= 0.6 is 0 Å². The van der Waals surface area contributed by atoms with E-state index in [-0.39, 0.29) is 5.82 Å². The van der Waals surface area contributed by atoms with Gasteiger partial charge in [0.15, 0.2) is 5.58 Å². The SMILES string of the molecule is CCCCCCCCCCOc1ccc(-c2ccc(-c3nc4cc(C)ccc4o3)c(F)c2)cc1. The Morgan fingerprint density at radius 1 is 0.794 bits per heavy atom. The Hall–Kier alpha value is -3.14. The summed E-state index contributed by atoms with van der Waals surface area (Å²) < 4.78 is 26.6. The van der Waals surface area contributed by atoms with Crippen LogP contribution in [0, 0.1) is 12.7 Å². The Labute approximate surface area is 202 Å². The lowest BCUT2D eigenvalue weighted by Crippen LogP contribution is -1.97. The number of aromatic nitrogens is 1. The van der Waals surface area contributed by atoms with Crippen LogP contribution in [0.3, 0.4) is 0 Å². The van der Waals surface area contributed by atoms with Crippen LogP contribution in [-0.2, 0) is 0 Å². The first-order valence-electron chi connectivity index (χ1n) is 12.5. The molecule has 3 aromatic carbocycles. The maximum atomic E-state index is 14.9. The van der Waals surface area contributed by atoms with Gasteiger partial charge in [-0.3, -0.25) is 0 Å². The molecule has 4 rings (SSSR count). The van der Waals surface area contributed by atoms with E-state index in [2.05, 4.69) is 11.9 Å². The van der Waals surface area contributed by atoms with Crippen molar-refractivity contribution < 1.29 is 13.5 Å². The number of ether oxygens (including phenoxy) is 1. The van der Waals surface area contributed by atoms with Crippen molar-refractivity contribution in [2.75, 3.05) is 6.61 Å². The molecule has 0 unspecified atom stereocenters. The van der Waals surface area contributed by atoms with Gasteiger partial charge in [-0.1, -0.05) is 76.1 Å². The zero-order valence-electron chi connectivity index (χ0n) is 20.3. The molecule has 4 aromatic rings. The number of unbranched alkanes of at least 4 members (excludes halogenated alkanes) is 7. The standard InChI is InChI=1S/C30H34FNO2/c1-3-4-5-6-7-8-9-10-19-33-25-15-12-23(13-16-25)24-14-17-26(27(31)21-24)30-32-28-20-22(2)11-18-29(28)34-30/h11-18,20-21H,3-10,19H2,1-2H3. The minimum Gasteiger partial charge on any atom is -0.494 e. The number of benzene rings is 3. The summed E-state index contributed by atoms with van der Waals surface area (Å²) in [6.07, 6.45) is 10.3. The predicted molar refractivity (Wildman–Crippen MR) is 138 cm³/mol. The second-order valence-electron chi connectivity index (χ2n) is 9.03. The predicted octanol–water partition coefficient (Wildman–Crippen LogP) is 9.13. The van der Waals surface area contributed by atoms with Gasteiger partial charge >= 0.3 is 0 Å². The number of nitrogens with zero attached hydrogens (tertiary/aromatic N) is 1. The molecule has 3 nitrogen and oxygen atoms in total. The molecule has 0 radical (unpaired) electrons. The molecule has 1 heterocycles. The molecule has 0 atom stereocenters. The molecule has 0 N–H and O–H groups in total. The molecule has 0 saturated heterocycles. The lowest BCUT2D eigenvalue weighted by molar-refractivity contribution is 0.304. The Bertz CT molecular complexity index is 1200. The van der Waals surface area contributed by atoms with E-state index in [9.17, 15) is 4.39 Å². The summed E-state index contributed by atoms with van der Waals surface area (Å²) in [5.41, 5.74) is 4.60. The van der Waals surface area contributed by atoms with Crippen LogP contribution in [0.15, 0.2) is 65.1 Å². The summed E-state index contributed by atoms with van der Waals surface area (Å²) in [5.74, 6) is 0.802. The normalized spacial score (nSPS) is 11.3. The van der Waals surface area contributed by atoms with Crippen LogP contribution in [0.5, 0.6) is 5.75 Å². The van der Waals surface area contributed by atoms with E-state index < -0.39 is 0 Å². The van der Waals surface area contributed by atoms with Crippen LogP contribution < -0.4 is 4.74 Å². The number of aryl methyl sites for hydroxylation is 1. The third-order valence-corrected chi connectivity index (χ3v) is 6.20. The van der Waals surface area contributed by atoms with Gasteiger partial charge < -0.3 is 9.15 Å². The molecule has 0 amide bonds. The van der Waals surface area contributed by atoms with Gasteiger partial charge in [0.1, 0.15) is 17.1 Å². The molecule has 34 heavy (non-hydrogen) atoms. The fraction of sp³-hybridized carbons (Fsp3) is 0.367. The molecule has 0 aliphatic heterocycles. The zero-order valence-corrected chi connectivity index (χ0v) is 20.3. The van der Waals surface area contributed by atoms with E-state index in [4.69, 9.17) is 9.15 Å². The maximum Gasteiger partial charge on any atom is 0.230 e. The van der Waals surface area contributed by atoms with E-state index in [0.29, 0.717) is 17.0 Å². The van der Waals surface area contributed by atoms with Gasteiger partial charge in [0.2, 0.25) is 5.89 Å². The second-order valence-corrected chi connectivity index (χ2v) is 9.03. The first kappa shape index (κ1) is 24.0. The van der Waals surface area contributed by atoms with E-state index in [0.717, 1.165) is 41.0 Å². The van der Waals surface area contributed by atoms with Crippen molar-refractivity contribution in [3.63, 3.8) is 0 Å². The Kier molecular flexibility index (Phi) is 8.35. The van der Waals surface area contributed by atoms with Crippen LogP contribution in [0.1, 0.15) is 63.9 Å². The van der Waals surface area contributed by atoms with E-state index in [1.807, 2.05) is 55.5 Å². The van der Waals surface area contributed by atoms with Crippen molar-refractivity contribution in [1.29, 1.82) is 0 Å². The van der Waals surface area contributed by atoms with E-state index in [1.165, 1.54) is 51.0 Å². The lowest BCUT2D eigenvalue weighted by atomic mass is 10.0. The third kappa shape index (κ3) is 6.25. The summed E-state index contributed by atoms with van der Waals surface area (Å²) in [6, 6.07) is 18.8. The number of hydrogen-bond acceptors (Lipinski definition) is 3. The van der Waals surface area contributed by atoms with Crippen molar-refractivity contribution in [2.45, 2.75) is 65.2 Å². The Balaban J connectivity index is 1.31. The quantitative estimate of drug-likeness (QED) is 0.198. The third-order valence-electron chi connectivity index (χ3n) is 6.20. The van der Waals surface area contributed by atoms with Gasteiger partial charge in [-0.2, -0.15) is 0 Å². The molecule has 178 valence electrons. The molecule has 0 spiro atoms. The minimum atomic E-state index is -0.351. The van der Waals surface area contributed by atoms with Gasteiger partial charge in [-0.25, -0.2) is 9.37 Å². The van der Waals surface area contributed by atoms with Crippen LogP contribution in [0.4, 0.5) is 4.39 Å². The Morgan fingerprint density at radius 2 is 1.50 bits per heavy atom. The van der Waals surface area contributed by atoms with Crippen LogP contribution in [0.25, 0.3) is 33.7 Å². The van der Waals surface area contributed by atoms with Crippen molar-refractivity contribution in [3.8, 4) is 28.3 Å². The summed E-state index contributed by atoms with van der Waals surface area (Å²) >= 11 is 0. The van der Waals surface area contributed by atoms with Gasteiger partial charge in [0.05, 0.1) is 12.2 Å². The molecule has 0 aliphatic carbocycles. The molecule has 0 saturated carbocycles. The summed E-state index contributed by atoms with van der Waals surface area (Å²) in [6.45, 7) is 4.98. The molecule has 1 aromatic heterocycles. The number of hydrogen-bond donors (Lipinski definition) is 0. The molecule has 0 fully saturated rings. The molecular formula is C30H34FNO2. The molecular weight excluding hydrogens is 425 g/mol. The first-order chi connectivity index (χ1) is 16.6. The Morgan fingerprint density at radius 3 is 2.24 bits per heavy atom. The van der Waals surface area contributed by atoms with Crippen molar-refractivity contribution in [1.82, 2.24) is 4.98 Å². The van der Waals surface area contributed by atoms with Gasteiger partial charge in [0.25, 0.3) is 0 Å². The van der Waals surface area contributed by atoms with Crippen molar-refractivity contribution in [3.05, 3.63) is 72.0 Å². The number of rotatable bonds is 12. The number of oxazole rings is 1. The second kappa shape index (κ2) is 11.8. The largest absolute Gasteiger partial charge is 0.494 e. The summed E-state index contributed by atoms with van der Waals surface area (Å²) in [7, 11) is 0. The highest BCUT2D eigenvalue weighted by molar-refractivity contribution is 5.77. The summed E-state index contributed by atoms with van der Waals surface area (Å²) in [4.78, 5) is 4.46. The lowest BCUT2D eigenvalue weighted by Gasteiger charge is -2.08. The first-order valence-corrected chi connectivity index (χ1v) is 12.5. The molecule has 4 heteroatoms. The zero-order chi connectivity index (χ0) is 23.8. The van der Waals surface area contributed by atoms with Crippen LogP contribution in [-0.4, -0.2) is 11.6 Å². The molecule has 0 bridgehead atoms. The number of halogens is 1. The average Bonchev–Trinajstić information content (AvgIpc) is 3.26. The highest BCUT2D eigenvalue weighted by Crippen LogP contribution is 2.30. The average molecular weight is 460 g/mol. The highest BCUT2D eigenvalue weighted by Gasteiger charge is 2.14. The fourth-order valence-corrected chi connectivity index (χ4v) is 4.19. The van der Waals surface area contributed by atoms with Crippen molar-refractivity contribution >= 4 is 11.1 Å². The highest BCUT2D eigenvalue weighted by atomic mass is 19.1. The van der Waals surface area contributed by atoms with Crippen molar-refractivity contribution in [2.24, 2.45) is 0 Å². The van der Waals surface area contributed by atoms with Gasteiger partial charge in [-0.15, -0.1) is 0 Å². The van der Waals surface area contributed by atoms with Crippen LogP contribution in [0.2, 0.25) is 0 Å². The van der Waals surface area contributed by atoms with Gasteiger partial charge in [0, 0.05) is 0 Å². The topological polar surface area (TPSA) is 35.3 Å². The monoisotopic (exact) mass is 459 g/mol. The summed E-state index contributed by atoms with van der Waals surface area (Å²) in [5, 5.41) is 0. The number of fused-ring (bicyclic) bond motifs is 1. The minimum absolute atomic E-state index is 0.300. The van der Waals surface area contributed by atoms with E-state index in [1.54, 1.807) is 6.07 Å². The smallest absolute Gasteiger partial charge is 0.230 e. The maximum absolute atomic E-state index is 14.9. The van der Waals surface area contributed by atoms with E-state index >= 15 is 0 Å². The molecule has 0 aliphatic rings. The fourth-order valence-electron chi connectivity index (χ4n) is 4.19. The van der Waals surface area contributed by atoms with Gasteiger partial charge in [-0.05, 0) is 66.4 Å².